The van der Waals surface area contributed by atoms with Crippen LogP contribution in [-0.2, 0) is 0 Å². The Morgan fingerprint density at radius 2 is 1.62 bits per heavy atom. The molecule has 0 bridgehead atoms. The lowest BCUT2D eigenvalue weighted by Gasteiger charge is -2.03. The molecule has 0 fully saturated rings. The Balaban J connectivity index is 1.74. The summed E-state index contributed by atoms with van der Waals surface area (Å²) in [5.74, 6) is 0. The Hall–Kier alpha value is -2.81. The molecule has 0 saturated carbocycles. The fourth-order valence-corrected chi connectivity index (χ4v) is 2.55. The first-order valence-corrected chi connectivity index (χ1v) is 6.99. The van der Waals surface area contributed by atoms with E-state index in [-0.39, 0.29) is 0 Å². The smallest absolute Gasteiger partial charge is 0.137 e. The van der Waals surface area contributed by atoms with Gasteiger partial charge in [0.1, 0.15) is 5.65 Å². The Morgan fingerprint density at radius 3 is 2.38 bits per heavy atom. The van der Waals surface area contributed by atoms with Gasteiger partial charge in [-0.1, -0.05) is 18.2 Å². The van der Waals surface area contributed by atoms with Gasteiger partial charge in [-0.05, 0) is 42.8 Å². The SMILES string of the molecule is Cc1ccc2nc(-c3ccc(-n4cccc4)cc3)cn2c1. The maximum atomic E-state index is 4.67. The number of nitrogens with zero attached hydrogens (tertiary/aromatic N) is 3. The van der Waals surface area contributed by atoms with Gasteiger partial charge in [0.15, 0.2) is 0 Å². The van der Waals surface area contributed by atoms with Crippen LogP contribution >= 0.6 is 0 Å². The molecule has 0 atom stereocenters. The zero-order valence-corrected chi connectivity index (χ0v) is 11.8. The topological polar surface area (TPSA) is 22.2 Å². The van der Waals surface area contributed by atoms with E-state index in [0.717, 1.165) is 22.6 Å². The number of fused-ring (bicyclic) bond motifs is 1. The molecule has 1 aromatic carbocycles. The first kappa shape index (κ1) is 12.0. The minimum atomic E-state index is 0.977. The number of benzene rings is 1. The van der Waals surface area contributed by atoms with Crippen LogP contribution in [0.1, 0.15) is 5.56 Å². The zero-order valence-electron chi connectivity index (χ0n) is 11.8. The van der Waals surface area contributed by atoms with Crippen LogP contribution < -0.4 is 0 Å². The van der Waals surface area contributed by atoms with Crippen LogP contribution in [0.25, 0.3) is 22.6 Å². The van der Waals surface area contributed by atoms with Gasteiger partial charge >= 0.3 is 0 Å². The van der Waals surface area contributed by atoms with Crippen LogP contribution in [-0.4, -0.2) is 14.0 Å². The normalized spacial score (nSPS) is 11.1. The lowest BCUT2D eigenvalue weighted by molar-refractivity contribution is 1.08. The Bertz CT molecular complexity index is 884. The van der Waals surface area contributed by atoms with Gasteiger partial charge in [0.25, 0.3) is 0 Å². The summed E-state index contributed by atoms with van der Waals surface area (Å²) in [6, 6.07) is 16.6. The second-order valence-electron chi connectivity index (χ2n) is 5.24. The number of rotatable bonds is 2. The number of pyridine rings is 1. The van der Waals surface area contributed by atoms with Crippen LogP contribution in [0.4, 0.5) is 0 Å². The minimum absolute atomic E-state index is 0.977. The van der Waals surface area contributed by atoms with Gasteiger partial charge in [-0.2, -0.15) is 0 Å². The fraction of sp³-hybridized carbons (Fsp3) is 0.0556. The monoisotopic (exact) mass is 273 g/mol. The van der Waals surface area contributed by atoms with Crippen molar-refractivity contribution < 1.29 is 0 Å². The molecule has 3 aromatic heterocycles. The van der Waals surface area contributed by atoms with E-state index in [1.165, 1.54) is 5.56 Å². The third kappa shape index (κ3) is 2.13. The van der Waals surface area contributed by atoms with Crippen LogP contribution in [0.3, 0.4) is 0 Å². The molecule has 3 heteroatoms. The molecule has 3 nitrogen and oxygen atoms in total. The summed E-state index contributed by atoms with van der Waals surface area (Å²) in [5.41, 5.74) is 5.50. The summed E-state index contributed by atoms with van der Waals surface area (Å²) in [6.07, 6.45) is 8.26. The average Bonchev–Trinajstić information content (AvgIpc) is 3.16. The van der Waals surface area contributed by atoms with Crippen LogP contribution in [0.5, 0.6) is 0 Å². The van der Waals surface area contributed by atoms with E-state index >= 15 is 0 Å². The van der Waals surface area contributed by atoms with Gasteiger partial charge in [-0.15, -0.1) is 0 Å². The summed E-state index contributed by atoms with van der Waals surface area (Å²) >= 11 is 0. The Labute approximate surface area is 123 Å². The standard InChI is InChI=1S/C18H15N3/c1-14-4-9-18-19-17(13-21(18)12-14)15-5-7-16(8-6-15)20-10-2-3-11-20/h2-13H,1H3. The Kier molecular flexibility index (Phi) is 2.64. The highest BCUT2D eigenvalue weighted by molar-refractivity contribution is 5.64. The van der Waals surface area contributed by atoms with E-state index in [1.807, 2.05) is 30.6 Å². The van der Waals surface area contributed by atoms with Gasteiger partial charge in [0.05, 0.1) is 5.69 Å². The number of hydrogen-bond acceptors (Lipinski definition) is 1. The van der Waals surface area contributed by atoms with Crippen molar-refractivity contribution in [1.82, 2.24) is 14.0 Å². The summed E-state index contributed by atoms with van der Waals surface area (Å²) < 4.78 is 4.17. The van der Waals surface area contributed by atoms with Gasteiger partial charge in [-0.25, -0.2) is 4.98 Å². The van der Waals surface area contributed by atoms with E-state index < -0.39 is 0 Å². The molecule has 0 amide bonds. The zero-order chi connectivity index (χ0) is 14.2. The van der Waals surface area contributed by atoms with E-state index in [2.05, 4.69) is 63.6 Å². The molecule has 102 valence electrons. The largest absolute Gasteiger partial charge is 0.324 e. The highest BCUT2D eigenvalue weighted by Crippen LogP contribution is 2.21. The molecule has 0 unspecified atom stereocenters. The fourth-order valence-electron chi connectivity index (χ4n) is 2.55. The maximum Gasteiger partial charge on any atom is 0.137 e. The number of imidazole rings is 1. The molecule has 21 heavy (non-hydrogen) atoms. The number of aromatic nitrogens is 3. The highest BCUT2D eigenvalue weighted by Gasteiger charge is 2.04. The van der Waals surface area contributed by atoms with Crippen LogP contribution in [0.15, 0.2) is 73.3 Å². The van der Waals surface area contributed by atoms with Gasteiger partial charge < -0.3 is 8.97 Å². The van der Waals surface area contributed by atoms with E-state index in [1.54, 1.807) is 0 Å². The Morgan fingerprint density at radius 1 is 0.857 bits per heavy atom. The minimum Gasteiger partial charge on any atom is -0.324 e. The van der Waals surface area contributed by atoms with E-state index in [9.17, 15) is 0 Å². The van der Waals surface area contributed by atoms with Crippen molar-refractivity contribution in [2.24, 2.45) is 0 Å². The number of hydrogen-bond donors (Lipinski definition) is 0. The lowest BCUT2D eigenvalue weighted by Crippen LogP contribution is -1.88. The van der Waals surface area contributed by atoms with Crippen molar-refractivity contribution in [1.29, 1.82) is 0 Å². The molecule has 0 N–H and O–H groups in total. The van der Waals surface area contributed by atoms with E-state index in [0.29, 0.717) is 0 Å². The summed E-state index contributed by atoms with van der Waals surface area (Å²) in [7, 11) is 0. The molecule has 0 saturated heterocycles. The van der Waals surface area contributed by atoms with Crippen molar-refractivity contribution in [3.8, 4) is 16.9 Å². The summed E-state index contributed by atoms with van der Waals surface area (Å²) in [6.45, 7) is 2.09. The van der Waals surface area contributed by atoms with Gasteiger partial charge in [0.2, 0.25) is 0 Å². The van der Waals surface area contributed by atoms with E-state index in [4.69, 9.17) is 0 Å². The second-order valence-corrected chi connectivity index (χ2v) is 5.24. The van der Waals surface area contributed by atoms with Crippen molar-refractivity contribution in [2.45, 2.75) is 6.92 Å². The van der Waals surface area contributed by atoms with Crippen molar-refractivity contribution in [3.63, 3.8) is 0 Å². The van der Waals surface area contributed by atoms with Crippen LogP contribution in [0.2, 0.25) is 0 Å². The molecule has 0 aliphatic carbocycles. The molecule has 0 radical (unpaired) electrons. The average molecular weight is 273 g/mol. The molecular formula is C18H15N3. The molecule has 0 aliphatic rings. The maximum absolute atomic E-state index is 4.67. The molecular weight excluding hydrogens is 258 g/mol. The molecule has 4 rings (SSSR count). The van der Waals surface area contributed by atoms with Crippen molar-refractivity contribution >= 4 is 5.65 Å². The summed E-state index contributed by atoms with van der Waals surface area (Å²) in [5, 5.41) is 0. The quantitative estimate of drug-likeness (QED) is 0.539. The lowest BCUT2D eigenvalue weighted by atomic mass is 10.1. The molecule has 0 spiro atoms. The first-order valence-electron chi connectivity index (χ1n) is 6.99. The molecule has 3 heterocycles. The first-order chi connectivity index (χ1) is 10.3. The van der Waals surface area contributed by atoms with Crippen molar-refractivity contribution in [3.05, 3.63) is 78.9 Å². The predicted octanol–water partition coefficient (Wildman–Crippen LogP) is 4.10. The van der Waals surface area contributed by atoms with Crippen LogP contribution in [0, 0.1) is 6.92 Å². The van der Waals surface area contributed by atoms with Gasteiger partial charge in [0, 0.05) is 36.0 Å². The number of aryl methyl sites for hydroxylation is 1. The third-order valence-electron chi connectivity index (χ3n) is 3.66. The summed E-state index contributed by atoms with van der Waals surface area (Å²) in [4.78, 5) is 4.67. The third-order valence-corrected chi connectivity index (χ3v) is 3.66. The van der Waals surface area contributed by atoms with Gasteiger partial charge in [-0.3, -0.25) is 0 Å². The second kappa shape index (κ2) is 4.63. The molecule has 0 aliphatic heterocycles. The highest BCUT2D eigenvalue weighted by atomic mass is 15.0. The molecule has 4 aromatic rings. The van der Waals surface area contributed by atoms with Crippen molar-refractivity contribution in [2.75, 3.05) is 0 Å². The predicted molar refractivity (Wildman–Crippen MR) is 84.7 cm³/mol.